The number of halogens is 1. The lowest BCUT2D eigenvalue weighted by atomic mass is 10.2. The number of hydrogen-bond donors (Lipinski definition) is 3. The molecule has 0 aliphatic carbocycles. The van der Waals surface area contributed by atoms with E-state index in [1.54, 1.807) is 12.1 Å². The Balaban J connectivity index is 1.39. The fourth-order valence-electron chi connectivity index (χ4n) is 2.19. The van der Waals surface area contributed by atoms with Gasteiger partial charge in [-0.2, -0.15) is 0 Å². The molecule has 0 fully saturated rings. The van der Waals surface area contributed by atoms with Crippen molar-refractivity contribution in [2.45, 2.75) is 12.1 Å². The molecular weight excluding hydrogens is 432 g/mol. The van der Waals surface area contributed by atoms with Crippen molar-refractivity contribution >= 4 is 50.5 Å². The molecule has 0 saturated heterocycles. The summed E-state index contributed by atoms with van der Waals surface area (Å²) in [6.45, 7) is 1.81. The van der Waals surface area contributed by atoms with E-state index < -0.39 is 5.91 Å². The Bertz CT molecular complexity index is 959. The summed E-state index contributed by atoms with van der Waals surface area (Å²) >= 11 is 4.58. The minimum atomic E-state index is -0.449. The molecule has 2 amide bonds. The molecule has 7 nitrogen and oxygen atoms in total. The number of aryl methyl sites for hydroxylation is 1. The lowest BCUT2D eigenvalue weighted by Gasteiger charge is -2.08. The molecule has 3 aromatic rings. The summed E-state index contributed by atoms with van der Waals surface area (Å²) < 4.78 is 6.24. The van der Waals surface area contributed by atoms with Crippen molar-refractivity contribution in [2.75, 3.05) is 12.4 Å². The van der Waals surface area contributed by atoms with Crippen LogP contribution >= 0.6 is 27.7 Å². The number of nitrogens with one attached hydrogen (secondary N) is 3. The third-order valence-corrected chi connectivity index (χ3v) is 4.88. The summed E-state index contributed by atoms with van der Waals surface area (Å²) in [5.41, 5.74) is 7.58. The van der Waals surface area contributed by atoms with Crippen LogP contribution in [0.15, 0.2) is 52.1 Å². The van der Waals surface area contributed by atoms with Crippen LogP contribution in [0.4, 0.5) is 0 Å². The highest BCUT2D eigenvalue weighted by Crippen LogP contribution is 2.20. The monoisotopic (exact) mass is 448 g/mol. The topological polar surface area (TPSA) is 96.1 Å². The molecule has 3 rings (SSSR count). The van der Waals surface area contributed by atoms with Gasteiger partial charge in [0.2, 0.25) is 5.91 Å². The number of thioether (sulfide) groups is 1. The maximum atomic E-state index is 11.9. The lowest BCUT2D eigenvalue weighted by molar-refractivity contribution is -0.128. The zero-order chi connectivity index (χ0) is 19.2. The van der Waals surface area contributed by atoms with Crippen LogP contribution in [0, 0.1) is 6.92 Å². The van der Waals surface area contributed by atoms with E-state index in [0.29, 0.717) is 10.9 Å². The van der Waals surface area contributed by atoms with Gasteiger partial charge in [0.15, 0.2) is 11.8 Å². The number of imidazole rings is 1. The van der Waals surface area contributed by atoms with E-state index >= 15 is 0 Å². The molecule has 0 atom stereocenters. The molecule has 140 valence electrons. The van der Waals surface area contributed by atoms with Crippen LogP contribution in [0.2, 0.25) is 0 Å². The first-order valence-electron chi connectivity index (χ1n) is 8.05. The fraction of sp³-hybridized carbons (Fsp3) is 0.167. The first-order chi connectivity index (χ1) is 13.0. The van der Waals surface area contributed by atoms with Crippen molar-refractivity contribution in [1.82, 2.24) is 20.8 Å². The van der Waals surface area contributed by atoms with E-state index in [1.165, 1.54) is 11.8 Å². The second kappa shape index (κ2) is 8.92. The highest BCUT2D eigenvalue weighted by molar-refractivity contribution is 9.10. The van der Waals surface area contributed by atoms with E-state index in [2.05, 4.69) is 36.7 Å². The molecule has 27 heavy (non-hydrogen) atoms. The summed E-state index contributed by atoms with van der Waals surface area (Å²) in [6, 6.07) is 13.0. The molecule has 0 aliphatic heterocycles. The summed E-state index contributed by atoms with van der Waals surface area (Å²) in [5.74, 6) is -0.105. The van der Waals surface area contributed by atoms with Gasteiger partial charge in [-0.15, -0.1) is 0 Å². The number of nitrogens with zero attached hydrogens (tertiary/aromatic N) is 1. The van der Waals surface area contributed by atoms with Crippen molar-refractivity contribution in [2.24, 2.45) is 0 Å². The number of amides is 2. The number of hydrogen-bond acceptors (Lipinski definition) is 5. The molecule has 0 spiro atoms. The van der Waals surface area contributed by atoms with E-state index in [-0.39, 0.29) is 18.3 Å². The summed E-state index contributed by atoms with van der Waals surface area (Å²) in [6.07, 6.45) is 0. The van der Waals surface area contributed by atoms with Crippen LogP contribution in [0.25, 0.3) is 11.0 Å². The smallest absolute Gasteiger partial charge is 0.276 e. The van der Waals surface area contributed by atoms with Crippen LogP contribution in [0.3, 0.4) is 0 Å². The SMILES string of the molecule is Cc1ccc2nc(SCC(=O)NNC(=O)COc3ccc(Br)cc3)[nH]c2c1. The van der Waals surface area contributed by atoms with Crippen molar-refractivity contribution in [3.63, 3.8) is 0 Å². The van der Waals surface area contributed by atoms with Crippen molar-refractivity contribution in [3.8, 4) is 5.75 Å². The number of aromatic nitrogens is 2. The van der Waals surface area contributed by atoms with Crippen molar-refractivity contribution in [1.29, 1.82) is 0 Å². The maximum Gasteiger partial charge on any atom is 0.276 e. The Kier molecular flexibility index (Phi) is 6.36. The molecule has 1 aromatic heterocycles. The second-order valence-electron chi connectivity index (χ2n) is 5.69. The first-order valence-corrected chi connectivity index (χ1v) is 9.83. The normalized spacial score (nSPS) is 10.6. The zero-order valence-corrected chi connectivity index (χ0v) is 16.8. The van der Waals surface area contributed by atoms with Crippen LogP contribution in [-0.4, -0.2) is 34.1 Å². The Morgan fingerprint density at radius 3 is 2.67 bits per heavy atom. The average Bonchev–Trinajstić information content (AvgIpc) is 3.06. The third-order valence-electron chi connectivity index (χ3n) is 3.48. The number of carbonyl (C=O) groups excluding carboxylic acids is 2. The predicted octanol–water partition coefficient (Wildman–Crippen LogP) is 2.95. The highest BCUT2D eigenvalue weighted by atomic mass is 79.9. The first kappa shape index (κ1) is 19.2. The number of rotatable bonds is 6. The number of aromatic amines is 1. The van der Waals surface area contributed by atoms with E-state index in [9.17, 15) is 9.59 Å². The minimum absolute atomic E-state index is 0.118. The molecule has 1 heterocycles. The molecule has 0 radical (unpaired) electrons. The van der Waals surface area contributed by atoms with E-state index in [0.717, 1.165) is 21.1 Å². The molecule has 0 bridgehead atoms. The van der Waals surface area contributed by atoms with E-state index in [1.807, 2.05) is 37.3 Å². The summed E-state index contributed by atoms with van der Waals surface area (Å²) in [4.78, 5) is 31.2. The Morgan fingerprint density at radius 1 is 1.15 bits per heavy atom. The van der Waals surface area contributed by atoms with Gasteiger partial charge in [0, 0.05) is 4.47 Å². The molecule has 0 aliphatic rings. The number of H-pyrrole nitrogens is 1. The highest BCUT2D eigenvalue weighted by Gasteiger charge is 2.09. The zero-order valence-electron chi connectivity index (χ0n) is 14.4. The summed E-state index contributed by atoms with van der Waals surface area (Å²) in [7, 11) is 0. The van der Waals surface area contributed by atoms with Gasteiger partial charge in [0.1, 0.15) is 5.75 Å². The maximum absolute atomic E-state index is 11.9. The van der Waals surface area contributed by atoms with Gasteiger partial charge in [-0.25, -0.2) is 4.98 Å². The van der Waals surface area contributed by atoms with E-state index in [4.69, 9.17) is 4.74 Å². The molecule has 9 heteroatoms. The van der Waals surface area contributed by atoms with Crippen molar-refractivity contribution < 1.29 is 14.3 Å². The fourth-order valence-corrected chi connectivity index (χ4v) is 3.14. The van der Waals surface area contributed by atoms with Gasteiger partial charge in [0.25, 0.3) is 5.91 Å². The molecular formula is C18H17BrN4O3S. The van der Waals surface area contributed by atoms with Gasteiger partial charge in [-0.05, 0) is 48.9 Å². The Labute approximate surface area is 168 Å². The molecule has 0 unspecified atom stereocenters. The van der Waals surface area contributed by atoms with Gasteiger partial charge in [-0.1, -0.05) is 33.8 Å². The number of benzene rings is 2. The quantitative estimate of drug-likeness (QED) is 0.397. The standard InChI is InChI=1S/C18H17BrN4O3S/c1-11-2-7-14-15(8-11)21-18(20-14)27-10-17(25)23-22-16(24)9-26-13-5-3-12(19)4-6-13/h2-8H,9-10H2,1H3,(H,20,21)(H,22,24)(H,23,25). The number of fused-ring (bicyclic) bond motifs is 1. The van der Waals surface area contributed by atoms with Crippen LogP contribution in [0.5, 0.6) is 5.75 Å². The van der Waals surface area contributed by atoms with Crippen LogP contribution in [-0.2, 0) is 9.59 Å². The summed E-state index contributed by atoms with van der Waals surface area (Å²) in [5, 5.41) is 0.649. The van der Waals surface area contributed by atoms with Crippen LogP contribution < -0.4 is 15.6 Å². The van der Waals surface area contributed by atoms with Crippen LogP contribution in [0.1, 0.15) is 5.56 Å². The van der Waals surface area contributed by atoms with Crippen molar-refractivity contribution in [3.05, 3.63) is 52.5 Å². The predicted molar refractivity (Wildman–Crippen MR) is 107 cm³/mol. The second-order valence-corrected chi connectivity index (χ2v) is 7.57. The van der Waals surface area contributed by atoms with Gasteiger partial charge in [-0.3, -0.25) is 20.4 Å². The number of hydrazine groups is 1. The Morgan fingerprint density at radius 2 is 1.89 bits per heavy atom. The van der Waals surface area contributed by atoms with Gasteiger partial charge < -0.3 is 9.72 Å². The lowest BCUT2D eigenvalue weighted by Crippen LogP contribution is -2.44. The average molecular weight is 449 g/mol. The minimum Gasteiger partial charge on any atom is -0.484 e. The van der Waals surface area contributed by atoms with Gasteiger partial charge >= 0.3 is 0 Å². The number of ether oxygens (including phenoxy) is 1. The molecule has 3 N–H and O–H groups in total. The Hall–Kier alpha value is -2.52. The largest absolute Gasteiger partial charge is 0.484 e. The molecule has 0 saturated carbocycles. The number of carbonyl (C=O) groups is 2. The van der Waals surface area contributed by atoms with Gasteiger partial charge in [0.05, 0.1) is 16.8 Å². The molecule has 2 aromatic carbocycles. The third kappa shape index (κ3) is 5.73.